The van der Waals surface area contributed by atoms with Crippen LogP contribution in [0.5, 0.6) is 0 Å². The zero-order valence-electron chi connectivity index (χ0n) is 11.2. The molecule has 3 N–H and O–H groups in total. The standard InChI is InChI=1S/C15H21NO3/c1-10-2-4-11(5-3-10)15(19)13(8-9-14(17)18)16-12-6-7-12/h2-5,12-13,15-16,19H,6-9H2,1H3,(H,17,18). The van der Waals surface area contributed by atoms with E-state index in [2.05, 4.69) is 5.32 Å². The second kappa shape index (κ2) is 6.17. The highest BCUT2D eigenvalue weighted by atomic mass is 16.4. The Morgan fingerprint density at radius 2 is 2.00 bits per heavy atom. The minimum Gasteiger partial charge on any atom is -0.481 e. The van der Waals surface area contributed by atoms with Gasteiger partial charge in [-0.05, 0) is 31.7 Å². The van der Waals surface area contributed by atoms with E-state index in [1.807, 2.05) is 31.2 Å². The number of hydrogen-bond acceptors (Lipinski definition) is 3. The normalized spacial score (nSPS) is 18.0. The van der Waals surface area contributed by atoms with Gasteiger partial charge in [-0.1, -0.05) is 29.8 Å². The third-order valence-electron chi connectivity index (χ3n) is 3.50. The largest absolute Gasteiger partial charge is 0.481 e. The lowest BCUT2D eigenvalue weighted by Gasteiger charge is -2.24. The van der Waals surface area contributed by atoms with Gasteiger partial charge in [0.1, 0.15) is 0 Å². The summed E-state index contributed by atoms with van der Waals surface area (Å²) in [5, 5.41) is 22.5. The summed E-state index contributed by atoms with van der Waals surface area (Å²) in [6.45, 7) is 2.00. The Hall–Kier alpha value is -1.39. The van der Waals surface area contributed by atoms with Crippen LogP contribution in [0.3, 0.4) is 0 Å². The van der Waals surface area contributed by atoms with Crippen molar-refractivity contribution >= 4 is 5.97 Å². The molecule has 1 aromatic rings. The molecule has 0 amide bonds. The summed E-state index contributed by atoms with van der Waals surface area (Å²) >= 11 is 0. The molecule has 1 aliphatic carbocycles. The first-order valence-corrected chi connectivity index (χ1v) is 6.78. The van der Waals surface area contributed by atoms with Crippen molar-refractivity contribution in [1.82, 2.24) is 5.32 Å². The van der Waals surface area contributed by atoms with Crippen LogP contribution in [-0.2, 0) is 4.79 Å². The van der Waals surface area contributed by atoms with Crippen molar-refractivity contribution in [3.63, 3.8) is 0 Å². The summed E-state index contributed by atoms with van der Waals surface area (Å²) in [6.07, 6.45) is 2.10. The fourth-order valence-electron chi connectivity index (χ4n) is 2.16. The average Bonchev–Trinajstić information content (AvgIpc) is 3.18. The lowest BCUT2D eigenvalue weighted by Crippen LogP contribution is -2.37. The highest BCUT2D eigenvalue weighted by Gasteiger charge is 2.29. The van der Waals surface area contributed by atoms with Crippen LogP contribution in [0.4, 0.5) is 0 Å². The monoisotopic (exact) mass is 263 g/mol. The molecule has 0 saturated heterocycles. The molecule has 19 heavy (non-hydrogen) atoms. The fourth-order valence-corrected chi connectivity index (χ4v) is 2.16. The van der Waals surface area contributed by atoms with E-state index in [9.17, 15) is 9.90 Å². The summed E-state index contributed by atoms with van der Waals surface area (Å²) in [5.74, 6) is -0.821. The van der Waals surface area contributed by atoms with E-state index >= 15 is 0 Å². The van der Waals surface area contributed by atoms with Crippen LogP contribution in [0.25, 0.3) is 0 Å². The Bertz CT molecular complexity index is 426. The molecule has 4 nitrogen and oxygen atoms in total. The van der Waals surface area contributed by atoms with Crippen LogP contribution in [-0.4, -0.2) is 28.3 Å². The molecular formula is C15H21NO3. The van der Waals surface area contributed by atoms with E-state index in [-0.39, 0.29) is 12.5 Å². The van der Waals surface area contributed by atoms with Gasteiger partial charge in [0, 0.05) is 18.5 Å². The SMILES string of the molecule is Cc1ccc(C(O)C(CCC(=O)O)NC2CC2)cc1. The van der Waals surface area contributed by atoms with Crippen LogP contribution < -0.4 is 5.32 Å². The smallest absolute Gasteiger partial charge is 0.303 e. The van der Waals surface area contributed by atoms with Gasteiger partial charge in [-0.25, -0.2) is 0 Å². The Labute approximate surface area is 113 Å². The molecule has 0 heterocycles. The van der Waals surface area contributed by atoms with E-state index in [1.54, 1.807) is 0 Å². The Kier molecular flexibility index (Phi) is 4.56. The van der Waals surface area contributed by atoms with Crippen molar-refractivity contribution in [3.8, 4) is 0 Å². The molecular weight excluding hydrogens is 242 g/mol. The van der Waals surface area contributed by atoms with Gasteiger partial charge in [0.05, 0.1) is 6.10 Å². The minimum absolute atomic E-state index is 0.0767. The van der Waals surface area contributed by atoms with Gasteiger partial charge in [-0.15, -0.1) is 0 Å². The average molecular weight is 263 g/mol. The molecule has 1 aromatic carbocycles. The number of aryl methyl sites for hydroxylation is 1. The second-order valence-corrected chi connectivity index (χ2v) is 5.34. The van der Waals surface area contributed by atoms with Crippen molar-refractivity contribution in [2.75, 3.05) is 0 Å². The molecule has 1 aliphatic rings. The molecule has 0 aromatic heterocycles. The maximum absolute atomic E-state index is 10.7. The van der Waals surface area contributed by atoms with Crippen molar-refractivity contribution in [2.24, 2.45) is 0 Å². The van der Waals surface area contributed by atoms with Gasteiger partial charge in [0.15, 0.2) is 0 Å². The van der Waals surface area contributed by atoms with Crippen molar-refractivity contribution in [3.05, 3.63) is 35.4 Å². The number of aliphatic hydroxyl groups excluding tert-OH is 1. The number of aliphatic hydroxyl groups is 1. The van der Waals surface area contributed by atoms with Gasteiger partial charge in [-0.2, -0.15) is 0 Å². The molecule has 0 radical (unpaired) electrons. The quantitative estimate of drug-likeness (QED) is 0.704. The van der Waals surface area contributed by atoms with Crippen LogP contribution in [0.1, 0.15) is 42.9 Å². The number of carbonyl (C=O) groups is 1. The van der Waals surface area contributed by atoms with E-state index in [0.717, 1.165) is 24.0 Å². The maximum atomic E-state index is 10.7. The topological polar surface area (TPSA) is 69.6 Å². The number of rotatable bonds is 7. The van der Waals surface area contributed by atoms with Gasteiger partial charge < -0.3 is 15.5 Å². The molecule has 2 unspecified atom stereocenters. The third-order valence-corrected chi connectivity index (χ3v) is 3.50. The zero-order valence-corrected chi connectivity index (χ0v) is 11.2. The number of hydrogen-bond donors (Lipinski definition) is 3. The number of benzene rings is 1. The van der Waals surface area contributed by atoms with E-state index in [4.69, 9.17) is 5.11 Å². The summed E-state index contributed by atoms with van der Waals surface area (Å²) in [7, 11) is 0. The summed E-state index contributed by atoms with van der Waals surface area (Å²) < 4.78 is 0. The molecule has 104 valence electrons. The van der Waals surface area contributed by atoms with Gasteiger partial charge >= 0.3 is 5.97 Å². The first-order valence-electron chi connectivity index (χ1n) is 6.78. The van der Waals surface area contributed by atoms with Gasteiger partial charge in [0.2, 0.25) is 0 Å². The lowest BCUT2D eigenvalue weighted by molar-refractivity contribution is -0.137. The zero-order chi connectivity index (χ0) is 13.8. The van der Waals surface area contributed by atoms with Crippen molar-refractivity contribution < 1.29 is 15.0 Å². The molecule has 4 heteroatoms. The predicted molar refractivity (Wildman–Crippen MR) is 73.0 cm³/mol. The van der Waals surface area contributed by atoms with Crippen LogP contribution in [0, 0.1) is 6.92 Å². The molecule has 0 spiro atoms. The predicted octanol–water partition coefficient (Wildman–Crippen LogP) is 2.01. The number of aliphatic carboxylic acids is 1. The molecule has 1 fully saturated rings. The van der Waals surface area contributed by atoms with Crippen LogP contribution in [0.2, 0.25) is 0 Å². The van der Waals surface area contributed by atoms with Crippen molar-refractivity contribution in [1.29, 1.82) is 0 Å². The summed E-state index contributed by atoms with van der Waals surface area (Å²) in [6, 6.07) is 7.99. The van der Waals surface area contributed by atoms with Crippen molar-refractivity contribution in [2.45, 2.75) is 50.8 Å². The Morgan fingerprint density at radius 1 is 1.37 bits per heavy atom. The Balaban J connectivity index is 2.02. The van der Waals surface area contributed by atoms with E-state index < -0.39 is 12.1 Å². The van der Waals surface area contributed by atoms with Crippen LogP contribution in [0.15, 0.2) is 24.3 Å². The molecule has 0 aliphatic heterocycles. The molecule has 2 atom stereocenters. The second-order valence-electron chi connectivity index (χ2n) is 5.34. The number of carboxylic acids is 1. The van der Waals surface area contributed by atoms with Gasteiger partial charge in [-0.3, -0.25) is 4.79 Å². The minimum atomic E-state index is -0.821. The first kappa shape index (κ1) is 14.0. The van der Waals surface area contributed by atoms with Gasteiger partial charge in [0.25, 0.3) is 0 Å². The molecule has 1 saturated carbocycles. The summed E-state index contributed by atoms with van der Waals surface area (Å²) in [4.78, 5) is 10.7. The van der Waals surface area contributed by atoms with E-state index in [0.29, 0.717) is 12.5 Å². The number of nitrogens with one attached hydrogen (secondary N) is 1. The highest BCUT2D eigenvalue weighted by Crippen LogP contribution is 2.26. The summed E-state index contributed by atoms with van der Waals surface area (Å²) in [5.41, 5.74) is 1.99. The maximum Gasteiger partial charge on any atom is 0.303 e. The highest BCUT2D eigenvalue weighted by molar-refractivity contribution is 5.66. The lowest BCUT2D eigenvalue weighted by atomic mass is 9.97. The molecule has 2 rings (SSSR count). The Morgan fingerprint density at radius 3 is 2.53 bits per heavy atom. The third kappa shape index (κ3) is 4.33. The first-order chi connectivity index (χ1) is 9.06. The van der Waals surface area contributed by atoms with E-state index in [1.165, 1.54) is 0 Å². The fraction of sp³-hybridized carbons (Fsp3) is 0.533. The van der Waals surface area contributed by atoms with Crippen LogP contribution >= 0.6 is 0 Å². The molecule has 0 bridgehead atoms. The number of carboxylic acid groups (broad SMARTS) is 1.